The molecular weight excluding hydrogens is 562 g/mol. The molecule has 1 fully saturated rings. The first-order valence-corrected chi connectivity index (χ1v) is 13.3. The molecule has 1 saturated heterocycles. The number of likely N-dealkylation sites (tertiary alicyclic amines) is 1. The fourth-order valence-electron chi connectivity index (χ4n) is 5.18. The number of nitrogens with one attached hydrogen (secondary N) is 1. The van der Waals surface area contributed by atoms with Crippen LogP contribution in [0.2, 0.25) is 0 Å². The molecular formula is C28H26F2N10O3. The highest BCUT2D eigenvalue weighted by Gasteiger charge is 2.37. The summed E-state index contributed by atoms with van der Waals surface area (Å²) in [5.74, 6) is -0.537. The number of benzene rings is 2. The van der Waals surface area contributed by atoms with E-state index >= 15 is 0 Å². The van der Waals surface area contributed by atoms with Crippen molar-refractivity contribution < 1.29 is 23.1 Å². The second kappa shape index (κ2) is 11.4. The fourth-order valence-corrected chi connectivity index (χ4v) is 5.18. The zero-order valence-corrected chi connectivity index (χ0v) is 22.9. The SMILES string of the molecule is COc1ccc(F)cc1C(=O)NCc1ccc(-c2nn(C[C@@H]3C[C@@H](F)CN3C(=O)n3cncn3)c3ncnc(N)c23)cc1. The molecule has 1 aliphatic rings. The van der Waals surface area contributed by atoms with Crippen molar-refractivity contribution in [2.45, 2.75) is 31.7 Å². The van der Waals surface area contributed by atoms with E-state index in [2.05, 4.69) is 25.4 Å². The minimum Gasteiger partial charge on any atom is -0.496 e. The molecule has 0 aliphatic carbocycles. The Kier molecular flexibility index (Phi) is 7.36. The average Bonchev–Trinajstić information content (AvgIpc) is 3.76. The van der Waals surface area contributed by atoms with Gasteiger partial charge in [-0.15, -0.1) is 0 Å². The number of aromatic nitrogens is 7. The van der Waals surface area contributed by atoms with Crippen LogP contribution in [0.4, 0.5) is 19.4 Å². The van der Waals surface area contributed by atoms with Gasteiger partial charge in [-0.1, -0.05) is 24.3 Å². The Morgan fingerprint density at radius 3 is 2.70 bits per heavy atom. The predicted molar refractivity (Wildman–Crippen MR) is 150 cm³/mol. The van der Waals surface area contributed by atoms with Crippen LogP contribution in [-0.2, 0) is 13.1 Å². The molecule has 3 N–H and O–H groups in total. The number of nitrogens with two attached hydrogens (primary N) is 1. The van der Waals surface area contributed by atoms with Gasteiger partial charge in [-0.2, -0.15) is 14.9 Å². The number of nitrogen functional groups attached to an aromatic ring is 1. The van der Waals surface area contributed by atoms with E-state index in [4.69, 9.17) is 15.6 Å². The molecule has 2 amide bonds. The summed E-state index contributed by atoms with van der Waals surface area (Å²) in [5.41, 5.74) is 8.78. The summed E-state index contributed by atoms with van der Waals surface area (Å²) in [4.78, 5) is 39.3. The highest BCUT2D eigenvalue weighted by molar-refractivity contribution is 5.98. The second-order valence-electron chi connectivity index (χ2n) is 9.97. The summed E-state index contributed by atoms with van der Waals surface area (Å²) in [6.45, 7) is 0.277. The van der Waals surface area contributed by atoms with Gasteiger partial charge in [-0.3, -0.25) is 4.79 Å². The van der Waals surface area contributed by atoms with Gasteiger partial charge in [0, 0.05) is 18.5 Å². The van der Waals surface area contributed by atoms with E-state index < -0.39 is 30.0 Å². The molecule has 43 heavy (non-hydrogen) atoms. The number of rotatable bonds is 7. The molecule has 5 aromatic rings. The summed E-state index contributed by atoms with van der Waals surface area (Å²) in [6, 6.07) is 10.00. The van der Waals surface area contributed by atoms with Gasteiger partial charge in [-0.25, -0.2) is 33.2 Å². The molecule has 0 radical (unpaired) electrons. The highest BCUT2D eigenvalue weighted by atomic mass is 19.1. The van der Waals surface area contributed by atoms with Crippen molar-refractivity contribution in [2.24, 2.45) is 0 Å². The Labute approximate surface area is 243 Å². The van der Waals surface area contributed by atoms with Crippen molar-refractivity contribution in [3.05, 3.63) is 78.4 Å². The van der Waals surface area contributed by atoms with Gasteiger partial charge < -0.3 is 20.7 Å². The van der Waals surface area contributed by atoms with Crippen LogP contribution >= 0.6 is 0 Å². The Balaban J connectivity index is 1.23. The standard InChI is InChI=1S/C28H26F2N10O3/c1-43-22-7-6-18(29)9-21(22)27(41)33-10-16-2-4-17(5-3-16)24-23-25(31)34-14-35-26(23)39(37-24)12-20-8-19(30)11-38(20)28(42)40-15-32-13-36-40/h2-7,9,13-15,19-20H,8,10-12H2,1H3,(H,33,41)(H2,31,34,35)/t19-,20+/m1/s1. The van der Waals surface area contributed by atoms with E-state index in [0.29, 0.717) is 22.3 Å². The third kappa shape index (κ3) is 5.43. The van der Waals surface area contributed by atoms with E-state index in [1.54, 1.807) is 4.68 Å². The van der Waals surface area contributed by atoms with Crippen molar-refractivity contribution in [1.29, 1.82) is 0 Å². The van der Waals surface area contributed by atoms with Gasteiger partial charge in [0.15, 0.2) is 5.65 Å². The minimum atomic E-state index is -1.20. The number of fused-ring (bicyclic) bond motifs is 1. The van der Waals surface area contributed by atoms with Crippen LogP contribution in [0.3, 0.4) is 0 Å². The average molecular weight is 589 g/mol. The Hall–Kier alpha value is -5.47. The lowest BCUT2D eigenvalue weighted by Crippen LogP contribution is -2.41. The summed E-state index contributed by atoms with van der Waals surface area (Å²) >= 11 is 0. The Bertz CT molecular complexity index is 1790. The van der Waals surface area contributed by atoms with Crippen LogP contribution in [0.5, 0.6) is 5.75 Å². The Morgan fingerprint density at radius 1 is 1.14 bits per heavy atom. The molecule has 6 rings (SSSR count). The summed E-state index contributed by atoms with van der Waals surface area (Å²) < 4.78 is 36.0. The number of amides is 2. The third-order valence-corrected chi connectivity index (χ3v) is 7.25. The first-order valence-electron chi connectivity index (χ1n) is 13.3. The first-order chi connectivity index (χ1) is 20.8. The largest absolute Gasteiger partial charge is 0.496 e. The molecule has 1 aliphatic heterocycles. The molecule has 2 atom stereocenters. The molecule has 4 heterocycles. The maximum Gasteiger partial charge on any atom is 0.346 e. The van der Waals surface area contributed by atoms with Crippen LogP contribution in [0.25, 0.3) is 22.3 Å². The van der Waals surface area contributed by atoms with Gasteiger partial charge in [0.2, 0.25) is 0 Å². The maximum absolute atomic E-state index is 14.5. The van der Waals surface area contributed by atoms with Gasteiger partial charge in [0.25, 0.3) is 5.91 Å². The number of alkyl halides is 1. The number of carbonyl (C=O) groups is 2. The minimum absolute atomic E-state index is 0.0729. The predicted octanol–water partition coefficient (Wildman–Crippen LogP) is 2.83. The number of ether oxygens (including phenoxy) is 1. The molecule has 15 heteroatoms. The number of carbonyl (C=O) groups excluding carboxylic acids is 2. The van der Waals surface area contributed by atoms with Crippen molar-refractivity contribution in [1.82, 2.24) is 44.7 Å². The van der Waals surface area contributed by atoms with Gasteiger partial charge >= 0.3 is 6.03 Å². The normalized spacial score (nSPS) is 16.5. The van der Waals surface area contributed by atoms with Crippen LogP contribution in [0.15, 0.2) is 61.4 Å². The number of nitrogens with zero attached hydrogens (tertiary/aromatic N) is 8. The fraction of sp³-hybridized carbons (Fsp3) is 0.250. The smallest absolute Gasteiger partial charge is 0.346 e. The third-order valence-electron chi connectivity index (χ3n) is 7.25. The van der Waals surface area contributed by atoms with Crippen molar-refractivity contribution in [2.75, 3.05) is 19.4 Å². The lowest BCUT2D eigenvalue weighted by atomic mass is 10.1. The number of hydrogen-bond donors (Lipinski definition) is 2. The van der Waals surface area contributed by atoms with E-state index in [0.717, 1.165) is 16.3 Å². The van der Waals surface area contributed by atoms with Crippen LogP contribution in [-0.4, -0.2) is 77.2 Å². The van der Waals surface area contributed by atoms with Gasteiger partial charge in [0.1, 0.15) is 48.2 Å². The number of anilines is 1. The number of halogens is 2. The molecule has 0 bridgehead atoms. The quantitative estimate of drug-likeness (QED) is 0.292. The molecule has 13 nitrogen and oxygen atoms in total. The van der Waals surface area contributed by atoms with Crippen molar-refractivity contribution in [3.63, 3.8) is 0 Å². The van der Waals surface area contributed by atoms with Gasteiger partial charge in [-0.05, 0) is 23.8 Å². The van der Waals surface area contributed by atoms with Crippen LogP contribution in [0.1, 0.15) is 22.3 Å². The van der Waals surface area contributed by atoms with Gasteiger partial charge in [0.05, 0.1) is 37.2 Å². The second-order valence-corrected chi connectivity index (χ2v) is 9.97. The van der Waals surface area contributed by atoms with Crippen molar-refractivity contribution >= 4 is 28.8 Å². The molecule has 0 spiro atoms. The topological polar surface area (TPSA) is 159 Å². The summed E-state index contributed by atoms with van der Waals surface area (Å²) in [5, 5.41) is 11.9. The molecule has 0 saturated carbocycles. The lowest BCUT2D eigenvalue weighted by molar-refractivity contribution is 0.0947. The van der Waals surface area contributed by atoms with E-state index in [1.165, 1.54) is 43.1 Å². The molecule has 220 valence electrons. The van der Waals surface area contributed by atoms with Crippen molar-refractivity contribution in [3.8, 4) is 17.0 Å². The monoisotopic (exact) mass is 588 g/mol. The molecule has 3 aromatic heterocycles. The van der Waals surface area contributed by atoms with E-state index in [-0.39, 0.29) is 43.2 Å². The first kappa shape index (κ1) is 27.7. The lowest BCUT2D eigenvalue weighted by Gasteiger charge is -2.23. The summed E-state index contributed by atoms with van der Waals surface area (Å²) in [7, 11) is 1.41. The van der Waals surface area contributed by atoms with E-state index in [9.17, 15) is 18.4 Å². The zero-order chi connectivity index (χ0) is 30.1. The number of methoxy groups -OCH3 is 1. The van der Waals surface area contributed by atoms with Crippen LogP contribution < -0.4 is 15.8 Å². The Morgan fingerprint density at radius 2 is 1.95 bits per heavy atom. The highest BCUT2D eigenvalue weighted by Crippen LogP contribution is 2.32. The number of hydrogen-bond acceptors (Lipinski definition) is 9. The molecule has 0 unspecified atom stereocenters. The summed E-state index contributed by atoms with van der Waals surface area (Å²) in [6.07, 6.45) is 2.76. The molecule has 2 aromatic carbocycles. The van der Waals surface area contributed by atoms with E-state index in [1.807, 2.05) is 24.3 Å². The zero-order valence-electron chi connectivity index (χ0n) is 22.9. The van der Waals surface area contributed by atoms with Crippen LogP contribution in [0, 0.1) is 5.82 Å². The maximum atomic E-state index is 14.5.